The third-order valence-electron chi connectivity index (χ3n) is 6.09. The van der Waals surface area contributed by atoms with Gasteiger partial charge in [0.1, 0.15) is 0 Å². The predicted octanol–water partition coefficient (Wildman–Crippen LogP) is 6.48. The Kier molecular flexibility index (Phi) is 26.1. The molecule has 0 aliphatic heterocycles. The van der Waals surface area contributed by atoms with E-state index in [4.69, 9.17) is 23.9 Å². The normalized spacial score (nSPS) is 8.75. The summed E-state index contributed by atoms with van der Waals surface area (Å²) in [6.45, 7) is 13.2. The Morgan fingerprint density at radius 2 is 0.458 bits per heavy atom. The molecule has 8 heteroatoms. The molecule has 1 radical (unpaired) electrons. The van der Waals surface area contributed by atoms with Crippen molar-refractivity contribution in [1.82, 2.24) is 0 Å². The first-order valence-electron chi connectivity index (χ1n) is 13.9. The van der Waals surface area contributed by atoms with Crippen LogP contribution in [0.15, 0.2) is 182 Å². The first-order valence-corrected chi connectivity index (χ1v) is 16.6. The van der Waals surface area contributed by atoms with Crippen LogP contribution in [-0.2, 0) is 39.2 Å². The number of benzene rings is 6. The maximum Gasteiger partial charge on any atom is 0 e. The van der Waals surface area contributed by atoms with Crippen molar-refractivity contribution in [3.8, 4) is 0 Å². The van der Waals surface area contributed by atoms with E-state index in [-0.39, 0.29) is 26.9 Å². The van der Waals surface area contributed by atoms with Crippen LogP contribution in [0, 0.1) is 20.0 Å². The van der Waals surface area contributed by atoms with E-state index in [1.54, 1.807) is 0 Å². The molecule has 0 aliphatic rings. The van der Waals surface area contributed by atoms with Crippen molar-refractivity contribution >= 4 is 54.1 Å². The third-order valence-corrected chi connectivity index (χ3v) is 11.0. The van der Waals surface area contributed by atoms with Crippen molar-refractivity contribution in [2.45, 2.75) is 0 Å². The molecular weight excluding hydrogens is 809 g/mol. The summed E-state index contributed by atoms with van der Waals surface area (Å²) in [5.41, 5.74) is 0. The van der Waals surface area contributed by atoms with Gasteiger partial charge in [0.05, 0.1) is 0 Å². The summed E-state index contributed by atoms with van der Waals surface area (Å²) < 4.78 is 22.5. The molecule has 0 spiro atoms. The van der Waals surface area contributed by atoms with Crippen LogP contribution in [0.2, 0.25) is 0 Å². The molecular formula is C40H32O5P2Re. The van der Waals surface area contributed by atoms with E-state index in [0.717, 1.165) is 0 Å². The minimum Gasteiger partial charge on any atom is -0.0622 e. The van der Waals surface area contributed by atoms with Crippen molar-refractivity contribution < 1.29 is 44.3 Å². The maximum absolute atomic E-state index is 8.36. The molecule has 0 saturated carbocycles. The molecule has 48 heavy (non-hydrogen) atoms. The summed E-state index contributed by atoms with van der Waals surface area (Å²) in [7, 11) is -0.892. The van der Waals surface area contributed by atoms with Gasteiger partial charge in [-0.25, -0.2) is 0 Å². The summed E-state index contributed by atoms with van der Waals surface area (Å²) in [6.07, 6.45) is 0. The van der Waals surface area contributed by atoms with Crippen LogP contribution in [0.1, 0.15) is 0 Å². The predicted molar refractivity (Wildman–Crippen MR) is 191 cm³/mol. The van der Waals surface area contributed by atoms with Crippen molar-refractivity contribution in [3.05, 3.63) is 202 Å². The topological polar surface area (TPSA) is 97.0 Å². The Hall–Kier alpha value is -4.47. The molecule has 0 saturated heterocycles. The zero-order chi connectivity index (χ0) is 34.5. The Morgan fingerprint density at radius 1 is 0.354 bits per heavy atom. The van der Waals surface area contributed by atoms with Crippen LogP contribution in [0.5, 0.6) is 0 Å². The fourth-order valence-electron chi connectivity index (χ4n) is 4.36. The zero-order valence-electron chi connectivity index (χ0n) is 25.8. The average Bonchev–Trinajstić information content (AvgIpc) is 3.18. The smallest absolute Gasteiger partial charge is 0 e. The van der Waals surface area contributed by atoms with E-state index in [1.165, 1.54) is 31.8 Å². The van der Waals surface area contributed by atoms with Crippen molar-refractivity contribution in [1.29, 1.82) is 0 Å². The molecule has 0 fully saturated rings. The van der Waals surface area contributed by atoms with Crippen LogP contribution < -0.4 is 31.8 Å². The summed E-state index contributed by atoms with van der Waals surface area (Å²) in [6, 6.07) is 64.7. The molecule has 0 aliphatic carbocycles. The van der Waals surface area contributed by atoms with Gasteiger partial charge in [0.25, 0.3) is 6.47 Å². The molecule has 6 rings (SSSR count). The molecule has 1 N–H and O–H groups in total. The quantitative estimate of drug-likeness (QED) is 0.0901. The molecule has 0 atom stereocenters. The van der Waals surface area contributed by atoms with E-state index in [9.17, 15) is 0 Å². The van der Waals surface area contributed by atoms with E-state index in [2.05, 4.69) is 202 Å². The molecule has 0 heterocycles. The SMILES string of the molecule is O=CO.[C-]#[O+].[C-]#[O+].[C-]#[O+].[Re].c1ccc(P(c2ccccc2)c2ccccc2)cc1.c1ccc(P(c2ccccc2)c2ccccc2)cc1. The third kappa shape index (κ3) is 15.0. The second kappa shape index (κ2) is 28.7. The van der Waals surface area contributed by atoms with Gasteiger partial charge in [-0.1, -0.05) is 182 Å². The first kappa shape index (κ1) is 43.5. The minimum absolute atomic E-state index is 0. The Balaban J connectivity index is 0.000000732. The maximum atomic E-state index is 8.36. The van der Waals surface area contributed by atoms with Gasteiger partial charge in [-0.3, -0.25) is 4.79 Å². The van der Waals surface area contributed by atoms with Gasteiger partial charge in [0.2, 0.25) is 0 Å². The Morgan fingerprint density at radius 3 is 0.562 bits per heavy atom. The number of hydrogen-bond donors (Lipinski definition) is 1. The van der Waals surface area contributed by atoms with Crippen molar-refractivity contribution in [3.63, 3.8) is 0 Å². The summed E-state index contributed by atoms with van der Waals surface area (Å²) in [5.74, 6) is 0. The second-order valence-electron chi connectivity index (χ2n) is 8.79. The molecule has 6 aromatic carbocycles. The number of carboxylic acid groups (broad SMARTS) is 1. The average molecular weight is 841 g/mol. The molecule has 0 aromatic heterocycles. The van der Waals surface area contributed by atoms with Crippen LogP contribution in [0.3, 0.4) is 0 Å². The van der Waals surface area contributed by atoms with E-state index in [1.807, 2.05) is 0 Å². The van der Waals surface area contributed by atoms with Crippen LogP contribution in [0.25, 0.3) is 0 Å². The summed E-state index contributed by atoms with van der Waals surface area (Å²) in [5, 5.41) is 15.3. The second-order valence-corrected chi connectivity index (χ2v) is 13.2. The van der Waals surface area contributed by atoms with Gasteiger partial charge in [-0.05, 0) is 47.7 Å². The molecule has 6 aromatic rings. The van der Waals surface area contributed by atoms with Crippen LogP contribution in [-0.4, -0.2) is 11.6 Å². The standard InChI is InChI=1S/2C18H15P.CH2O2.3CO.Re/c2*1-4-10-16(11-5-1)19(17-12-6-2-7-13-17)18-14-8-3-9-15-18;2-1-3;3*1-2;/h2*1-15H;1H,(H,2,3);;;;. The van der Waals surface area contributed by atoms with Gasteiger partial charge in [-0.2, -0.15) is 0 Å². The molecule has 5 nitrogen and oxygen atoms in total. The van der Waals surface area contributed by atoms with Gasteiger partial charge in [0, 0.05) is 20.4 Å². The van der Waals surface area contributed by atoms with Gasteiger partial charge in [-0.15, -0.1) is 0 Å². The van der Waals surface area contributed by atoms with Gasteiger partial charge >= 0.3 is 33.9 Å². The fourth-order valence-corrected chi connectivity index (χ4v) is 8.97. The zero-order valence-corrected chi connectivity index (χ0v) is 30.3. The van der Waals surface area contributed by atoms with Crippen molar-refractivity contribution in [2.24, 2.45) is 0 Å². The largest absolute Gasteiger partial charge is 0.0622 e. The van der Waals surface area contributed by atoms with Gasteiger partial charge in [0.15, 0.2) is 0 Å². The van der Waals surface area contributed by atoms with Gasteiger partial charge < -0.3 is 5.11 Å². The number of rotatable bonds is 6. The van der Waals surface area contributed by atoms with E-state index >= 15 is 0 Å². The fraction of sp³-hybridized carbons (Fsp3) is 0. The first-order chi connectivity index (χ1) is 23.3. The monoisotopic (exact) mass is 841 g/mol. The Labute approximate surface area is 299 Å². The summed E-state index contributed by atoms with van der Waals surface area (Å²) >= 11 is 0. The number of hydrogen-bond acceptors (Lipinski definition) is 1. The molecule has 0 unspecified atom stereocenters. The minimum atomic E-state index is -0.446. The Bertz CT molecular complexity index is 1370. The van der Waals surface area contributed by atoms with E-state index < -0.39 is 15.8 Å². The van der Waals surface area contributed by atoms with E-state index in [0.29, 0.717) is 0 Å². The van der Waals surface area contributed by atoms with Crippen molar-refractivity contribution in [2.75, 3.05) is 0 Å². The number of carbonyl (C=O) groups is 1. The summed E-state index contributed by atoms with van der Waals surface area (Å²) in [4.78, 5) is 8.36. The molecule has 0 amide bonds. The van der Waals surface area contributed by atoms with Crippen LogP contribution in [0.4, 0.5) is 0 Å². The molecule has 0 bridgehead atoms. The van der Waals surface area contributed by atoms with Crippen LogP contribution >= 0.6 is 15.8 Å². The molecule has 239 valence electrons.